The molecule has 2 heterocycles. The van der Waals surface area contributed by atoms with E-state index >= 15 is 0 Å². The number of hydrogen-bond donors (Lipinski definition) is 2. The molecule has 0 atom stereocenters. The molecule has 0 saturated heterocycles. The minimum atomic E-state index is -0.950. The van der Waals surface area contributed by atoms with Crippen LogP contribution in [0.15, 0.2) is 68.7 Å². The molecule has 0 aliphatic heterocycles. The molecule has 264 valence electrons. The van der Waals surface area contributed by atoms with Gasteiger partial charge in [0.2, 0.25) is 0 Å². The molecule has 2 aromatic carbocycles. The second kappa shape index (κ2) is 16.1. The molecule has 1 aliphatic carbocycles. The predicted octanol–water partition coefficient (Wildman–Crippen LogP) is 5.50. The van der Waals surface area contributed by atoms with Gasteiger partial charge in [0, 0.05) is 35.4 Å². The summed E-state index contributed by atoms with van der Waals surface area (Å²) in [6.45, 7) is 7.27. The molecule has 0 spiro atoms. The van der Waals surface area contributed by atoms with Gasteiger partial charge in [-0.2, -0.15) is 0 Å². The number of aromatic nitrogens is 1. The summed E-state index contributed by atoms with van der Waals surface area (Å²) in [7, 11) is 1.45. The van der Waals surface area contributed by atoms with Crippen LogP contribution in [-0.4, -0.2) is 54.6 Å². The van der Waals surface area contributed by atoms with E-state index in [0.29, 0.717) is 34.9 Å². The summed E-state index contributed by atoms with van der Waals surface area (Å²) in [4.78, 5) is 68.5. The van der Waals surface area contributed by atoms with E-state index in [2.05, 4.69) is 16.9 Å². The molecule has 0 unspecified atom stereocenters. The Labute approximate surface area is 293 Å². The summed E-state index contributed by atoms with van der Waals surface area (Å²) in [5.41, 5.74) is 2.13. The Morgan fingerprint density at radius 1 is 1.04 bits per heavy atom. The van der Waals surface area contributed by atoms with E-state index in [1.807, 2.05) is 0 Å². The number of nitrogens with zero attached hydrogens (tertiary/aromatic N) is 1. The van der Waals surface area contributed by atoms with Crippen LogP contribution in [0.1, 0.15) is 85.7 Å². The molecule has 1 amide bonds. The quantitative estimate of drug-likeness (QED) is 0.0856. The van der Waals surface area contributed by atoms with Gasteiger partial charge in [0.05, 0.1) is 20.1 Å². The molecule has 0 radical (unpaired) electrons. The van der Waals surface area contributed by atoms with Crippen molar-refractivity contribution < 1.29 is 42.2 Å². The molecule has 13 heteroatoms. The van der Waals surface area contributed by atoms with E-state index in [1.54, 1.807) is 43.3 Å². The number of rotatable bonds is 16. The predicted molar refractivity (Wildman–Crippen MR) is 185 cm³/mol. The van der Waals surface area contributed by atoms with Crippen LogP contribution in [0.4, 0.5) is 0 Å². The van der Waals surface area contributed by atoms with Crippen molar-refractivity contribution in [1.82, 2.24) is 10.3 Å². The first kappa shape index (κ1) is 36.2. The third-order valence-corrected chi connectivity index (χ3v) is 8.21. The van der Waals surface area contributed by atoms with Crippen LogP contribution in [-0.2, 0) is 27.3 Å². The van der Waals surface area contributed by atoms with Crippen molar-refractivity contribution in [3.8, 4) is 16.9 Å². The van der Waals surface area contributed by atoms with Crippen LogP contribution >= 0.6 is 0 Å². The number of esters is 2. The fourth-order valence-electron chi connectivity index (χ4n) is 5.26. The maximum atomic E-state index is 14.0. The first-order valence-electron chi connectivity index (χ1n) is 16.3. The number of carbonyl (C=O) groups is 4. The molecular formula is C38H37N3O10. The number of amides is 1. The summed E-state index contributed by atoms with van der Waals surface area (Å²) in [6, 6.07) is 12.9. The van der Waals surface area contributed by atoms with Crippen LogP contribution in [0.3, 0.4) is 0 Å². The van der Waals surface area contributed by atoms with Gasteiger partial charge in [-0.05, 0) is 73.6 Å². The Bertz CT molecular complexity index is 2050. The summed E-state index contributed by atoms with van der Waals surface area (Å²) < 4.78 is 25.8. The van der Waals surface area contributed by atoms with Gasteiger partial charge in [0.1, 0.15) is 11.4 Å². The van der Waals surface area contributed by atoms with Gasteiger partial charge < -0.3 is 33.8 Å². The lowest BCUT2D eigenvalue weighted by Gasteiger charge is -2.17. The fraction of sp³-hybridized carbons (Fsp3) is 0.289. The Hall–Kier alpha value is -6.11. The maximum absolute atomic E-state index is 14.0. The molecule has 5 rings (SSSR count). The minimum absolute atomic E-state index is 0.00292. The van der Waals surface area contributed by atoms with Gasteiger partial charge in [-0.3, -0.25) is 14.4 Å². The van der Waals surface area contributed by atoms with Gasteiger partial charge in [0.25, 0.3) is 5.91 Å². The Balaban J connectivity index is 1.51. The SMILES string of the molecule is C=Cc1cc(C(=O)Cc2ccc(C(=N)CC(=O)OCC)cc2)c(-c2ccc(C(=O)NCC3CC3)nc2C(=O)OCc2oc(=O)oc2C)cc1OC. The van der Waals surface area contributed by atoms with Gasteiger partial charge in [-0.25, -0.2) is 14.6 Å². The molecule has 0 bridgehead atoms. The highest BCUT2D eigenvalue weighted by molar-refractivity contribution is 6.09. The smallest absolute Gasteiger partial charge is 0.496 e. The molecule has 1 fully saturated rings. The van der Waals surface area contributed by atoms with Crippen molar-refractivity contribution >= 4 is 35.4 Å². The van der Waals surface area contributed by atoms with Crippen molar-refractivity contribution in [2.45, 2.75) is 46.1 Å². The second-order valence-electron chi connectivity index (χ2n) is 11.9. The average Bonchev–Trinajstić information content (AvgIpc) is 3.90. The van der Waals surface area contributed by atoms with Crippen molar-refractivity contribution in [1.29, 1.82) is 5.41 Å². The third kappa shape index (κ3) is 8.93. The molecule has 1 aliphatic rings. The monoisotopic (exact) mass is 695 g/mol. The van der Waals surface area contributed by atoms with Crippen molar-refractivity contribution in [3.63, 3.8) is 0 Å². The largest absolute Gasteiger partial charge is 0.519 e. The Morgan fingerprint density at radius 3 is 2.41 bits per heavy atom. The number of pyridine rings is 1. The standard InChI is InChI=1S/C38H37N3O10/c1-5-24-16-28(31(42)15-22-9-11-25(12-10-22)29(39)18-34(43)48-6-2)27(17-32(24)47-4)26-13-14-30(36(44)40-19-23-7-8-23)41-35(26)37(45)49-20-33-21(3)50-38(46)51-33/h5,9-14,16-17,23,39H,1,6-8,15,18-20H2,2-4H3,(H,40,44). The van der Waals surface area contributed by atoms with Crippen LogP contribution in [0.25, 0.3) is 17.2 Å². The minimum Gasteiger partial charge on any atom is -0.496 e. The zero-order chi connectivity index (χ0) is 36.7. The normalized spacial score (nSPS) is 12.1. The highest BCUT2D eigenvalue weighted by Gasteiger charge is 2.27. The molecule has 1 saturated carbocycles. The fourth-order valence-corrected chi connectivity index (χ4v) is 5.26. The van der Waals surface area contributed by atoms with E-state index in [9.17, 15) is 24.0 Å². The van der Waals surface area contributed by atoms with Crippen LogP contribution in [0.5, 0.6) is 5.75 Å². The number of methoxy groups -OCH3 is 1. The zero-order valence-electron chi connectivity index (χ0n) is 28.5. The lowest BCUT2D eigenvalue weighted by molar-refractivity contribution is -0.141. The Morgan fingerprint density at radius 2 is 1.78 bits per heavy atom. The van der Waals surface area contributed by atoms with Gasteiger partial charge >= 0.3 is 17.8 Å². The average molecular weight is 696 g/mol. The maximum Gasteiger partial charge on any atom is 0.519 e. The molecular weight excluding hydrogens is 658 g/mol. The number of Topliss-reactive ketones (excluding diaryl/α,β-unsaturated/α-hetero) is 1. The highest BCUT2D eigenvalue weighted by atomic mass is 16.6. The third-order valence-electron chi connectivity index (χ3n) is 8.21. The number of carbonyl (C=O) groups excluding carboxylic acids is 4. The van der Waals surface area contributed by atoms with Crippen molar-refractivity contribution in [2.24, 2.45) is 5.92 Å². The number of ether oxygens (including phenoxy) is 3. The van der Waals surface area contributed by atoms with Crippen LogP contribution in [0, 0.1) is 18.3 Å². The van der Waals surface area contributed by atoms with Crippen molar-refractivity contribution in [3.05, 3.63) is 111 Å². The topological polar surface area (TPSA) is 188 Å². The number of aryl methyl sites for hydroxylation is 1. The first-order chi connectivity index (χ1) is 24.5. The van der Waals surface area contributed by atoms with Gasteiger partial charge in [-0.1, -0.05) is 36.9 Å². The van der Waals surface area contributed by atoms with Gasteiger partial charge in [0.15, 0.2) is 29.6 Å². The number of benzene rings is 2. The Kier molecular flexibility index (Phi) is 11.4. The summed E-state index contributed by atoms with van der Waals surface area (Å²) >= 11 is 0. The van der Waals surface area contributed by atoms with E-state index in [-0.39, 0.29) is 70.5 Å². The van der Waals surface area contributed by atoms with E-state index < -0.39 is 30.3 Å². The van der Waals surface area contributed by atoms with Crippen molar-refractivity contribution in [2.75, 3.05) is 20.3 Å². The lowest BCUT2D eigenvalue weighted by Crippen LogP contribution is -2.27. The second-order valence-corrected chi connectivity index (χ2v) is 11.9. The molecule has 13 nitrogen and oxygen atoms in total. The van der Waals surface area contributed by atoms with Crippen LogP contribution in [0.2, 0.25) is 0 Å². The summed E-state index contributed by atoms with van der Waals surface area (Å²) in [6.07, 6.45) is 3.34. The van der Waals surface area contributed by atoms with Gasteiger partial charge in [-0.15, -0.1) is 0 Å². The zero-order valence-corrected chi connectivity index (χ0v) is 28.5. The number of nitrogens with one attached hydrogen (secondary N) is 2. The van der Waals surface area contributed by atoms with E-state index in [1.165, 1.54) is 32.2 Å². The molecule has 2 N–H and O–H groups in total. The molecule has 4 aromatic rings. The van der Waals surface area contributed by atoms with E-state index in [0.717, 1.165) is 12.8 Å². The lowest BCUT2D eigenvalue weighted by atomic mass is 9.90. The number of ketones is 1. The summed E-state index contributed by atoms with van der Waals surface area (Å²) in [5, 5.41) is 11.1. The van der Waals surface area contributed by atoms with Crippen LogP contribution < -0.4 is 15.9 Å². The molecule has 51 heavy (non-hydrogen) atoms. The summed E-state index contributed by atoms with van der Waals surface area (Å²) in [5.74, 6) is -2.30. The number of hydrogen-bond acceptors (Lipinski definition) is 12. The first-order valence-corrected chi connectivity index (χ1v) is 16.3. The molecule has 2 aromatic heterocycles. The van der Waals surface area contributed by atoms with E-state index in [4.69, 9.17) is 28.5 Å². The highest BCUT2D eigenvalue weighted by Crippen LogP contribution is 2.35.